The van der Waals surface area contributed by atoms with Crippen molar-refractivity contribution < 1.29 is 19.2 Å². The molecule has 2 aliphatic heterocycles. The molecule has 136 valence electrons. The fraction of sp³-hybridized carbons (Fsp3) is 0.200. The molecule has 0 saturated carbocycles. The van der Waals surface area contributed by atoms with E-state index in [0.717, 1.165) is 19.7 Å². The summed E-state index contributed by atoms with van der Waals surface area (Å²) in [6.45, 7) is 0. The maximum atomic E-state index is 12.7. The van der Waals surface area contributed by atoms with Crippen molar-refractivity contribution in [1.82, 2.24) is 8.61 Å². The third kappa shape index (κ3) is 3.14. The van der Waals surface area contributed by atoms with Gasteiger partial charge in [-0.25, -0.2) is 8.61 Å². The lowest BCUT2D eigenvalue weighted by molar-refractivity contribution is -0.133. The number of rotatable bonds is 4. The summed E-state index contributed by atoms with van der Waals surface area (Å²) in [5.74, 6) is -2.77. The number of amides is 4. The largest absolute Gasteiger partial charge is 0.273 e. The third-order valence-electron chi connectivity index (χ3n) is 4.77. The number of carbonyl (C=O) groups is 4. The Bertz CT molecular complexity index is 841. The highest BCUT2D eigenvalue weighted by molar-refractivity contribution is 7.96. The molecule has 0 radical (unpaired) electrons. The molecule has 2 saturated heterocycles. The number of benzene rings is 2. The quantitative estimate of drug-likeness (QED) is 0.602. The summed E-state index contributed by atoms with van der Waals surface area (Å²) < 4.78 is 1.89. The topological polar surface area (TPSA) is 74.8 Å². The van der Waals surface area contributed by atoms with E-state index in [4.69, 9.17) is 0 Å². The molecule has 0 aliphatic carbocycles. The van der Waals surface area contributed by atoms with Crippen LogP contribution in [-0.2, 0) is 19.2 Å². The molecule has 0 spiro atoms. The van der Waals surface area contributed by atoms with Crippen LogP contribution in [0.2, 0.25) is 0 Å². The zero-order chi connectivity index (χ0) is 19.0. The minimum atomic E-state index is -0.580. The van der Waals surface area contributed by atoms with Gasteiger partial charge in [-0.05, 0) is 11.1 Å². The normalized spacial score (nSPS) is 22.8. The second kappa shape index (κ2) is 7.00. The molecule has 27 heavy (non-hydrogen) atoms. The van der Waals surface area contributed by atoms with Crippen molar-refractivity contribution in [1.29, 1.82) is 0 Å². The summed E-state index contributed by atoms with van der Waals surface area (Å²) in [6, 6.07) is 18.1. The van der Waals surface area contributed by atoms with Gasteiger partial charge in [0.25, 0.3) is 0 Å². The summed E-state index contributed by atoms with van der Waals surface area (Å²) in [5, 5.41) is 0. The molecule has 0 bridgehead atoms. The van der Waals surface area contributed by atoms with Crippen molar-refractivity contribution in [2.45, 2.75) is 24.7 Å². The summed E-state index contributed by atoms with van der Waals surface area (Å²) in [7, 11) is 0. The fourth-order valence-electron chi connectivity index (χ4n) is 3.36. The Morgan fingerprint density at radius 1 is 0.630 bits per heavy atom. The molecule has 2 unspecified atom stereocenters. The van der Waals surface area contributed by atoms with Gasteiger partial charge in [0.15, 0.2) is 0 Å². The zero-order valence-electron chi connectivity index (χ0n) is 14.3. The van der Waals surface area contributed by atoms with Crippen LogP contribution < -0.4 is 0 Å². The second-order valence-corrected chi connectivity index (χ2v) is 7.36. The van der Waals surface area contributed by atoms with E-state index in [1.54, 1.807) is 48.5 Å². The molecule has 2 aromatic carbocycles. The smallest absolute Gasteiger partial charge is 0.248 e. The number of hydrogen-bond acceptors (Lipinski definition) is 5. The molecule has 0 aromatic heterocycles. The van der Waals surface area contributed by atoms with Crippen LogP contribution in [0, 0.1) is 0 Å². The number of carbonyl (C=O) groups excluding carboxylic acids is 4. The predicted octanol–water partition coefficient (Wildman–Crippen LogP) is 2.64. The van der Waals surface area contributed by atoms with E-state index in [2.05, 4.69) is 0 Å². The number of nitrogens with zero attached hydrogens (tertiary/aromatic N) is 2. The molecular weight excluding hydrogens is 364 g/mol. The highest BCUT2D eigenvalue weighted by atomic mass is 32.2. The molecule has 2 aliphatic rings. The Hall–Kier alpha value is -2.93. The van der Waals surface area contributed by atoms with Crippen molar-refractivity contribution in [2.24, 2.45) is 0 Å². The lowest BCUT2D eigenvalue weighted by atomic mass is 9.98. The first kappa shape index (κ1) is 17.5. The van der Waals surface area contributed by atoms with Gasteiger partial charge in [0.2, 0.25) is 23.6 Å². The molecule has 2 fully saturated rings. The van der Waals surface area contributed by atoms with Crippen molar-refractivity contribution in [3.8, 4) is 0 Å². The van der Waals surface area contributed by atoms with E-state index < -0.39 is 35.5 Å². The Morgan fingerprint density at radius 2 is 1.00 bits per heavy atom. The van der Waals surface area contributed by atoms with Gasteiger partial charge in [-0.15, -0.1) is 0 Å². The van der Waals surface area contributed by atoms with Gasteiger partial charge in [0, 0.05) is 12.8 Å². The first-order chi connectivity index (χ1) is 13.1. The van der Waals surface area contributed by atoms with E-state index in [1.165, 1.54) is 0 Å². The molecule has 4 rings (SSSR count). The van der Waals surface area contributed by atoms with Crippen molar-refractivity contribution in [3.63, 3.8) is 0 Å². The first-order valence-electron chi connectivity index (χ1n) is 8.58. The Morgan fingerprint density at radius 3 is 1.37 bits per heavy atom. The van der Waals surface area contributed by atoms with Crippen LogP contribution >= 0.6 is 12.1 Å². The van der Waals surface area contributed by atoms with E-state index in [-0.39, 0.29) is 12.8 Å². The molecule has 4 amide bonds. The molecule has 2 atom stereocenters. The van der Waals surface area contributed by atoms with Gasteiger partial charge >= 0.3 is 0 Å². The summed E-state index contributed by atoms with van der Waals surface area (Å²) in [4.78, 5) is 50.1. The van der Waals surface area contributed by atoms with Crippen LogP contribution in [0.4, 0.5) is 0 Å². The van der Waals surface area contributed by atoms with Gasteiger partial charge in [-0.2, -0.15) is 0 Å². The zero-order valence-corrected chi connectivity index (χ0v) is 15.1. The van der Waals surface area contributed by atoms with Gasteiger partial charge in [0.1, 0.15) is 0 Å². The Kier molecular flexibility index (Phi) is 4.53. The second-order valence-electron chi connectivity index (χ2n) is 6.47. The third-order valence-corrected chi connectivity index (χ3v) is 5.87. The minimum absolute atomic E-state index is 0.0359. The SMILES string of the molecule is O=C1CC(c2ccccc2)C(=O)N1SN1C(=O)CC(c2ccccc2)C1=O. The van der Waals surface area contributed by atoms with Gasteiger partial charge in [-0.1, -0.05) is 60.7 Å². The van der Waals surface area contributed by atoms with Crippen molar-refractivity contribution >= 4 is 35.8 Å². The summed E-state index contributed by atoms with van der Waals surface area (Å²) in [5.41, 5.74) is 1.50. The van der Waals surface area contributed by atoms with Crippen LogP contribution in [-0.4, -0.2) is 32.2 Å². The average Bonchev–Trinajstić information content (AvgIpc) is 3.14. The van der Waals surface area contributed by atoms with Crippen LogP contribution in [0.3, 0.4) is 0 Å². The predicted molar refractivity (Wildman–Crippen MR) is 98.9 cm³/mol. The Balaban J connectivity index is 1.52. The summed E-state index contributed by atoms with van der Waals surface area (Å²) >= 11 is 0.613. The molecule has 2 aromatic rings. The standard InChI is InChI=1S/C20H16N2O4S/c23-17-11-15(13-7-3-1-4-8-13)19(25)21(17)27-22-18(24)12-16(20(22)26)14-9-5-2-6-10-14/h1-10,15-16H,11-12H2. The molecule has 6 nitrogen and oxygen atoms in total. The number of hydrogen-bond donors (Lipinski definition) is 0. The highest BCUT2D eigenvalue weighted by Gasteiger charge is 2.46. The van der Waals surface area contributed by atoms with Crippen LogP contribution in [0.25, 0.3) is 0 Å². The number of imide groups is 2. The van der Waals surface area contributed by atoms with Crippen molar-refractivity contribution in [3.05, 3.63) is 71.8 Å². The van der Waals surface area contributed by atoms with Gasteiger partial charge < -0.3 is 0 Å². The Labute approximate surface area is 160 Å². The van der Waals surface area contributed by atoms with E-state index in [9.17, 15) is 19.2 Å². The minimum Gasteiger partial charge on any atom is -0.273 e. The first-order valence-corrected chi connectivity index (χ1v) is 9.31. The van der Waals surface area contributed by atoms with E-state index in [0.29, 0.717) is 12.1 Å². The van der Waals surface area contributed by atoms with E-state index in [1.807, 2.05) is 12.1 Å². The fourth-order valence-corrected chi connectivity index (χ4v) is 4.27. The lowest BCUT2D eigenvalue weighted by Crippen LogP contribution is -2.33. The van der Waals surface area contributed by atoms with Gasteiger partial charge in [0.05, 0.1) is 24.0 Å². The van der Waals surface area contributed by atoms with Gasteiger partial charge in [-0.3, -0.25) is 19.2 Å². The molecule has 0 N–H and O–H groups in total. The highest BCUT2D eigenvalue weighted by Crippen LogP contribution is 2.39. The summed E-state index contributed by atoms with van der Waals surface area (Å²) in [6.07, 6.45) is 0.0718. The molecular formula is C20H16N2O4S. The lowest BCUT2D eigenvalue weighted by Gasteiger charge is -2.19. The van der Waals surface area contributed by atoms with Crippen LogP contribution in [0.5, 0.6) is 0 Å². The maximum Gasteiger partial charge on any atom is 0.248 e. The maximum absolute atomic E-state index is 12.7. The van der Waals surface area contributed by atoms with Crippen molar-refractivity contribution in [2.75, 3.05) is 0 Å². The van der Waals surface area contributed by atoms with Crippen LogP contribution in [0.1, 0.15) is 35.8 Å². The average molecular weight is 380 g/mol. The monoisotopic (exact) mass is 380 g/mol. The molecule has 7 heteroatoms. The molecule has 2 heterocycles. The van der Waals surface area contributed by atoms with Crippen LogP contribution in [0.15, 0.2) is 60.7 Å². The van der Waals surface area contributed by atoms with E-state index >= 15 is 0 Å².